The van der Waals surface area contributed by atoms with Gasteiger partial charge in [0.2, 0.25) is 0 Å². The third-order valence-electron chi connectivity index (χ3n) is 4.10. The summed E-state index contributed by atoms with van der Waals surface area (Å²) in [6, 6.07) is 6.54. The fourth-order valence-corrected chi connectivity index (χ4v) is 3.23. The zero-order valence-corrected chi connectivity index (χ0v) is 14.0. The number of piperidine rings is 1. The van der Waals surface area contributed by atoms with E-state index in [1.54, 1.807) is 0 Å². The highest BCUT2D eigenvalue weighted by atomic mass is 79.9. The third kappa shape index (κ3) is 4.11. The molecule has 0 aliphatic carbocycles. The molecular weight excluding hydrogens is 324 g/mol. The van der Waals surface area contributed by atoms with Crippen LogP contribution < -0.4 is 5.32 Å². The second-order valence-electron chi connectivity index (χ2n) is 5.33. The van der Waals surface area contributed by atoms with E-state index in [9.17, 15) is 0 Å². The van der Waals surface area contributed by atoms with Gasteiger partial charge in [0.15, 0.2) is 0 Å². The molecule has 0 radical (unpaired) electrons. The molecule has 1 N–H and O–H groups in total. The predicted octanol–water partition coefficient (Wildman–Crippen LogP) is 4.63. The van der Waals surface area contributed by atoms with Crippen LogP contribution in [0.15, 0.2) is 22.7 Å². The van der Waals surface area contributed by atoms with E-state index in [2.05, 4.69) is 46.1 Å². The van der Waals surface area contributed by atoms with Gasteiger partial charge in [-0.1, -0.05) is 18.5 Å². The molecule has 1 aliphatic heterocycles. The molecule has 1 aliphatic rings. The molecule has 0 amide bonds. The zero-order valence-electron chi connectivity index (χ0n) is 11.6. The highest BCUT2D eigenvalue weighted by Gasteiger charge is 2.23. The Labute approximate surface area is 129 Å². The van der Waals surface area contributed by atoms with Crippen LogP contribution in [0.4, 0.5) is 5.69 Å². The van der Waals surface area contributed by atoms with E-state index in [-0.39, 0.29) is 0 Å². The Morgan fingerprint density at radius 3 is 2.68 bits per heavy atom. The van der Waals surface area contributed by atoms with E-state index in [4.69, 9.17) is 11.6 Å². The molecule has 2 nitrogen and oxygen atoms in total. The van der Waals surface area contributed by atoms with Crippen LogP contribution in [0.25, 0.3) is 0 Å². The maximum absolute atomic E-state index is 6.02. The summed E-state index contributed by atoms with van der Waals surface area (Å²) in [5.74, 6) is 0.761. The van der Waals surface area contributed by atoms with E-state index in [1.807, 2.05) is 12.1 Å². The van der Waals surface area contributed by atoms with Crippen molar-refractivity contribution in [1.82, 2.24) is 4.90 Å². The van der Waals surface area contributed by atoms with Gasteiger partial charge in [0, 0.05) is 16.2 Å². The van der Waals surface area contributed by atoms with Crippen LogP contribution in [0.3, 0.4) is 0 Å². The molecule has 1 atom stereocenters. The first-order chi connectivity index (χ1) is 9.10. The van der Waals surface area contributed by atoms with E-state index >= 15 is 0 Å². The summed E-state index contributed by atoms with van der Waals surface area (Å²) in [7, 11) is 0. The second-order valence-corrected chi connectivity index (χ2v) is 6.60. The number of hydrogen-bond donors (Lipinski definition) is 1. The normalized spacial score (nSPS) is 19.4. The average molecular weight is 346 g/mol. The Bertz CT molecular complexity index is 417. The molecule has 1 unspecified atom stereocenters. The molecule has 1 aromatic carbocycles. The van der Waals surface area contributed by atoms with Gasteiger partial charge in [0.05, 0.1) is 5.02 Å². The van der Waals surface area contributed by atoms with Gasteiger partial charge >= 0.3 is 0 Å². The smallest absolute Gasteiger partial charge is 0.0549 e. The molecule has 0 aromatic heterocycles. The molecule has 4 heteroatoms. The number of rotatable bonds is 4. The van der Waals surface area contributed by atoms with Crippen molar-refractivity contribution in [1.29, 1.82) is 0 Å². The minimum absolute atomic E-state index is 0.507. The molecule has 19 heavy (non-hydrogen) atoms. The zero-order chi connectivity index (χ0) is 13.8. The largest absolute Gasteiger partial charge is 0.382 e. The minimum Gasteiger partial charge on any atom is -0.382 e. The maximum atomic E-state index is 6.02. The highest BCUT2D eigenvalue weighted by molar-refractivity contribution is 9.10. The third-order valence-corrected chi connectivity index (χ3v) is 5.31. The van der Waals surface area contributed by atoms with Crippen molar-refractivity contribution in [3.63, 3.8) is 0 Å². The monoisotopic (exact) mass is 344 g/mol. The Kier molecular flexibility index (Phi) is 5.55. The van der Waals surface area contributed by atoms with Crippen LogP contribution in [0.5, 0.6) is 0 Å². The SMILES string of the molecule is CCN1CCC(C(C)Nc2ccc(Cl)c(Br)c2)CC1. The summed E-state index contributed by atoms with van der Waals surface area (Å²) in [6.07, 6.45) is 2.58. The van der Waals surface area contributed by atoms with Crippen LogP contribution in [0.1, 0.15) is 26.7 Å². The van der Waals surface area contributed by atoms with E-state index in [0.29, 0.717) is 6.04 Å². The number of nitrogens with one attached hydrogen (secondary N) is 1. The summed E-state index contributed by atoms with van der Waals surface area (Å²) in [5, 5.41) is 4.36. The number of anilines is 1. The highest BCUT2D eigenvalue weighted by Crippen LogP contribution is 2.28. The summed E-state index contributed by atoms with van der Waals surface area (Å²) in [4.78, 5) is 2.53. The predicted molar refractivity (Wildman–Crippen MR) is 87.1 cm³/mol. The number of hydrogen-bond acceptors (Lipinski definition) is 2. The lowest BCUT2D eigenvalue weighted by Gasteiger charge is -2.34. The first-order valence-electron chi connectivity index (χ1n) is 7.04. The average Bonchev–Trinajstić information content (AvgIpc) is 2.43. The van der Waals surface area contributed by atoms with Crippen LogP contribution in [0, 0.1) is 5.92 Å². The van der Waals surface area contributed by atoms with Gasteiger partial charge < -0.3 is 10.2 Å². The van der Waals surface area contributed by atoms with Crippen molar-refractivity contribution >= 4 is 33.2 Å². The number of halogens is 2. The van der Waals surface area contributed by atoms with Crippen molar-refractivity contribution in [2.75, 3.05) is 25.0 Å². The lowest BCUT2D eigenvalue weighted by atomic mass is 9.90. The number of likely N-dealkylation sites (tertiary alicyclic amines) is 1. The minimum atomic E-state index is 0.507. The molecule has 0 spiro atoms. The Morgan fingerprint density at radius 1 is 1.42 bits per heavy atom. The molecule has 1 aromatic rings. The molecule has 1 fully saturated rings. The van der Waals surface area contributed by atoms with E-state index in [0.717, 1.165) is 21.1 Å². The molecule has 1 heterocycles. The number of nitrogens with zero attached hydrogens (tertiary/aromatic N) is 1. The fraction of sp³-hybridized carbons (Fsp3) is 0.600. The van der Waals surface area contributed by atoms with Crippen molar-refractivity contribution in [3.05, 3.63) is 27.7 Å². The van der Waals surface area contributed by atoms with Gasteiger partial charge in [-0.15, -0.1) is 0 Å². The summed E-state index contributed by atoms with van der Waals surface area (Å²) >= 11 is 9.49. The first-order valence-corrected chi connectivity index (χ1v) is 8.21. The first kappa shape index (κ1) is 15.1. The van der Waals surface area contributed by atoms with Gasteiger partial charge in [-0.25, -0.2) is 0 Å². The Balaban J connectivity index is 1.90. The second kappa shape index (κ2) is 6.96. The van der Waals surface area contributed by atoms with Gasteiger partial charge in [0.1, 0.15) is 0 Å². The van der Waals surface area contributed by atoms with Gasteiger partial charge in [-0.3, -0.25) is 0 Å². The van der Waals surface area contributed by atoms with Crippen molar-refractivity contribution in [2.24, 2.45) is 5.92 Å². The molecule has 0 bridgehead atoms. The molecular formula is C15H22BrClN2. The van der Waals surface area contributed by atoms with Crippen molar-refractivity contribution in [2.45, 2.75) is 32.7 Å². The van der Waals surface area contributed by atoms with Crippen LogP contribution in [0.2, 0.25) is 5.02 Å². The van der Waals surface area contributed by atoms with Crippen LogP contribution in [-0.4, -0.2) is 30.6 Å². The van der Waals surface area contributed by atoms with Crippen LogP contribution >= 0.6 is 27.5 Å². The van der Waals surface area contributed by atoms with Gasteiger partial charge in [-0.2, -0.15) is 0 Å². The lowest BCUT2D eigenvalue weighted by Crippen LogP contribution is -2.39. The van der Waals surface area contributed by atoms with E-state index in [1.165, 1.54) is 32.5 Å². The topological polar surface area (TPSA) is 15.3 Å². The standard InChI is InChI=1S/C15H22BrClN2/c1-3-19-8-6-12(7-9-19)11(2)18-13-4-5-15(17)14(16)10-13/h4-5,10-12,18H,3,6-9H2,1-2H3. The van der Waals surface area contributed by atoms with Crippen molar-refractivity contribution in [3.8, 4) is 0 Å². The Hall–Kier alpha value is -0.250. The number of benzene rings is 1. The molecule has 106 valence electrons. The van der Waals surface area contributed by atoms with Crippen LogP contribution in [-0.2, 0) is 0 Å². The quantitative estimate of drug-likeness (QED) is 0.855. The summed E-state index contributed by atoms with van der Waals surface area (Å²) in [5.41, 5.74) is 1.14. The van der Waals surface area contributed by atoms with Gasteiger partial charge in [0.25, 0.3) is 0 Å². The van der Waals surface area contributed by atoms with Crippen molar-refractivity contribution < 1.29 is 0 Å². The molecule has 2 rings (SSSR count). The molecule has 0 saturated carbocycles. The Morgan fingerprint density at radius 2 is 2.11 bits per heavy atom. The van der Waals surface area contributed by atoms with E-state index < -0.39 is 0 Å². The fourth-order valence-electron chi connectivity index (χ4n) is 2.74. The summed E-state index contributed by atoms with van der Waals surface area (Å²) in [6.45, 7) is 8.18. The maximum Gasteiger partial charge on any atom is 0.0549 e. The molecule has 1 saturated heterocycles. The van der Waals surface area contributed by atoms with Gasteiger partial charge in [-0.05, 0) is 79.4 Å². The summed E-state index contributed by atoms with van der Waals surface area (Å²) < 4.78 is 0.951. The lowest BCUT2D eigenvalue weighted by molar-refractivity contribution is 0.183.